The molecule has 2 aliphatic heterocycles. The van der Waals surface area contributed by atoms with Crippen molar-refractivity contribution in [2.45, 2.75) is 57.2 Å². The van der Waals surface area contributed by atoms with E-state index in [1.807, 2.05) is 12.1 Å². The first kappa shape index (κ1) is 19.2. The fourth-order valence-electron chi connectivity index (χ4n) is 4.80. The van der Waals surface area contributed by atoms with Gasteiger partial charge in [0.15, 0.2) is 0 Å². The molecule has 7 nitrogen and oxygen atoms in total. The minimum atomic E-state index is -0.819. The van der Waals surface area contributed by atoms with Crippen LogP contribution in [0.2, 0.25) is 0 Å². The molecule has 0 bridgehead atoms. The van der Waals surface area contributed by atoms with Gasteiger partial charge in [-0.15, -0.1) is 0 Å². The maximum Gasteiger partial charge on any atom is 0.329 e. The number of piperidine rings is 2. The van der Waals surface area contributed by atoms with E-state index in [9.17, 15) is 14.7 Å². The van der Waals surface area contributed by atoms with E-state index in [1.54, 1.807) is 16.2 Å². The molecule has 0 spiro atoms. The summed E-state index contributed by atoms with van der Waals surface area (Å²) in [5, 5.41) is 15.6. The highest BCUT2D eigenvalue weighted by atomic mass is 16.3. The number of nitrogens with zero attached hydrogens (tertiary/aromatic N) is 2. The number of imidazole rings is 1. The minimum Gasteiger partial charge on any atom is -0.374 e. The van der Waals surface area contributed by atoms with Crippen LogP contribution in [0.4, 0.5) is 0 Å². The van der Waals surface area contributed by atoms with Gasteiger partial charge in [-0.25, -0.2) is 4.79 Å². The molecule has 0 radical (unpaired) electrons. The molecule has 2 atom stereocenters. The average molecular weight is 386 g/mol. The number of para-hydroxylation sites is 1. The summed E-state index contributed by atoms with van der Waals surface area (Å²) in [6, 6.07) is 5.43. The second-order valence-electron chi connectivity index (χ2n) is 8.20. The molecule has 1 aromatic heterocycles. The number of aryl methyl sites for hydroxylation is 2. The summed E-state index contributed by atoms with van der Waals surface area (Å²) < 4.78 is 3.28. The van der Waals surface area contributed by atoms with Crippen molar-refractivity contribution in [3.63, 3.8) is 0 Å². The lowest BCUT2D eigenvalue weighted by atomic mass is 9.91. The van der Waals surface area contributed by atoms with Crippen LogP contribution in [-0.2, 0) is 18.3 Å². The number of aliphatic hydroxyl groups is 1. The van der Waals surface area contributed by atoms with Crippen molar-refractivity contribution in [3.05, 3.63) is 34.2 Å². The summed E-state index contributed by atoms with van der Waals surface area (Å²) >= 11 is 0. The number of carbonyl (C=O) groups is 1. The number of carbonyl (C=O) groups excluding carboxylic acids is 1. The van der Waals surface area contributed by atoms with E-state index in [0.29, 0.717) is 12.8 Å². The van der Waals surface area contributed by atoms with Crippen LogP contribution in [-0.4, -0.2) is 39.5 Å². The topological polar surface area (TPSA) is 88.3 Å². The number of aliphatic hydroxyl groups excluding tert-OH is 1. The predicted molar refractivity (Wildman–Crippen MR) is 108 cm³/mol. The zero-order valence-electron chi connectivity index (χ0n) is 16.5. The Hall–Kier alpha value is -2.12. The Kier molecular flexibility index (Phi) is 5.55. The number of nitrogens with one attached hydrogen (secondary N) is 2. The van der Waals surface area contributed by atoms with Crippen LogP contribution < -0.4 is 16.3 Å². The number of aromatic nitrogens is 2. The quantitative estimate of drug-likeness (QED) is 0.725. The van der Waals surface area contributed by atoms with Gasteiger partial charge in [-0.05, 0) is 69.2 Å². The van der Waals surface area contributed by atoms with E-state index in [2.05, 4.69) is 16.7 Å². The number of hydrogen-bond donors (Lipinski definition) is 3. The summed E-state index contributed by atoms with van der Waals surface area (Å²) in [6.07, 6.45) is 5.87. The lowest BCUT2D eigenvalue weighted by Crippen LogP contribution is -2.46. The summed E-state index contributed by atoms with van der Waals surface area (Å²) in [5.74, 6) is 0.510. The van der Waals surface area contributed by atoms with Gasteiger partial charge in [0.25, 0.3) is 0 Å². The van der Waals surface area contributed by atoms with E-state index >= 15 is 0 Å². The molecule has 0 aliphatic carbocycles. The van der Waals surface area contributed by atoms with E-state index < -0.39 is 12.3 Å². The summed E-state index contributed by atoms with van der Waals surface area (Å²) in [5.41, 5.74) is 2.73. The van der Waals surface area contributed by atoms with Crippen molar-refractivity contribution in [2.24, 2.45) is 13.0 Å². The van der Waals surface area contributed by atoms with Gasteiger partial charge in [0.05, 0.1) is 11.0 Å². The van der Waals surface area contributed by atoms with Gasteiger partial charge in [0.2, 0.25) is 5.91 Å². The normalized spacial score (nSPS) is 23.9. The Morgan fingerprint density at radius 2 is 1.93 bits per heavy atom. The number of amides is 1. The number of benzene rings is 1. The molecule has 2 saturated heterocycles. The first-order chi connectivity index (χ1) is 13.6. The molecule has 7 heteroatoms. The molecule has 2 aromatic rings. The van der Waals surface area contributed by atoms with E-state index in [4.69, 9.17) is 0 Å². The summed E-state index contributed by atoms with van der Waals surface area (Å²) in [4.78, 5) is 25.4. The molecular weight excluding hydrogens is 356 g/mol. The minimum absolute atomic E-state index is 0.169. The second-order valence-corrected chi connectivity index (χ2v) is 8.20. The zero-order chi connectivity index (χ0) is 19.7. The molecule has 0 saturated carbocycles. The predicted octanol–water partition coefficient (Wildman–Crippen LogP) is 1.43. The van der Waals surface area contributed by atoms with Crippen LogP contribution in [0.3, 0.4) is 0 Å². The first-order valence-corrected chi connectivity index (χ1v) is 10.4. The number of hydrogen-bond acceptors (Lipinski definition) is 4. The first-order valence-electron chi connectivity index (χ1n) is 10.4. The molecule has 1 aromatic carbocycles. The van der Waals surface area contributed by atoms with Crippen LogP contribution in [0.1, 0.15) is 50.1 Å². The number of fused-ring (bicyclic) bond motifs is 1. The highest BCUT2D eigenvalue weighted by Gasteiger charge is 2.31. The highest BCUT2D eigenvalue weighted by Crippen LogP contribution is 2.27. The molecule has 152 valence electrons. The lowest BCUT2D eigenvalue weighted by Gasteiger charge is -2.26. The third-order valence-electron chi connectivity index (χ3n) is 6.34. The fourth-order valence-corrected chi connectivity index (χ4v) is 4.80. The van der Waals surface area contributed by atoms with Gasteiger partial charge in [0.1, 0.15) is 12.3 Å². The molecule has 2 fully saturated rings. The average Bonchev–Trinajstić information content (AvgIpc) is 2.94. The number of rotatable bonds is 5. The molecule has 28 heavy (non-hydrogen) atoms. The Bertz CT molecular complexity index is 910. The van der Waals surface area contributed by atoms with Crippen LogP contribution in [0.15, 0.2) is 23.0 Å². The molecule has 4 rings (SSSR count). The Labute approximate surface area is 164 Å². The van der Waals surface area contributed by atoms with E-state index in [-0.39, 0.29) is 11.6 Å². The zero-order valence-corrected chi connectivity index (χ0v) is 16.5. The van der Waals surface area contributed by atoms with Crippen molar-refractivity contribution < 1.29 is 9.90 Å². The van der Waals surface area contributed by atoms with Gasteiger partial charge in [-0.2, -0.15) is 0 Å². The van der Waals surface area contributed by atoms with E-state index in [0.717, 1.165) is 42.9 Å². The maximum atomic E-state index is 13.0. The van der Waals surface area contributed by atoms with Crippen LogP contribution in [0.25, 0.3) is 11.0 Å². The Morgan fingerprint density at radius 3 is 2.68 bits per heavy atom. The summed E-state index contributed by atoms with van der Waals surface area (Å²) in [7, 11) is 1.78. The smallest absolute Gasteiger partial charge is 0.329 e. The third-order valence-corrected chi connectivity index (χ3v) is 6.34. The van der Waals surface area contributed by atoms with Crippen molar-refractivity contribution in [1.29, 1.82) is 0 Å². The van der Waals surface area contributed by atoms with Gasteiger partial charge in [0, 0.05) is 7.05 Å². The van der Waals surface area contributed by atoms with Crippen molar-refractivity contribution in [2.75, 3.05) is 13.1 Å². The largest absolute Gasteiger partial charge is 0.374 e. The standard InChI is InChI=1S/C21H30N4O3/c1-24-19-15(5-2-4-14-10-12-22-13-11-14)6-3-7-16(19)25(21(24)28)17-8-9-18(26)23-20(17)27/h3,6-7,14,17-18,22,26H,2,4-5,8-13H2,1H3,(H,23,27). The van der Waals surface area contributed by atoms with Crippen molar-refractivity contribution in [1.82, 2.24) is 19.8 Å². The van der Waals surface area contributed by atoms with E-state index in [1.165, 1.54) is 24.8 Å². The lowest BCUT2D eigenvalue weighted by molar-refractivity contribution is -0.130. The monoisotopic (exact) mass is 386 g/mol. The molecule has 3 N–H and O–H groups in total. The molecule has 2 unspecified atom stereocenters. The second kappa shape index (κ2) is 8.09. The molecule has 3 heterocycles. The fraction of sp³-hybridized carbons (Fsp3) is 0.619. The Morgan fingerprint density at radius 1 is 1.14 bits per heavy atom. The van der Waals surface area contributed by atoms with Crippen LogP contribution in [0.5, 0.6) is 0 Å². The van der Waals surface area contributed by atoms with Crippen LogP contribution in [0, 0.1) is 5.92 Å². The van der Waals surface area contributed by atoms with Crippen molar-refractivity contribution in [3.8, 4) is 0 Å². The molecule has 2 aliphatic rings. The molecular formula is C21H30N4O3. The Balaban J connectivity index is 1.59. The van der Waals surface area contributed by atoms with Gasteiger partial charge < -0.3 is 15.7 Å². The molecule has 1 amide bonds. The van der Waals surface area contributed by atoms with Crippen molar-refractivity contribution >= 4 is 16.9 Å². The van der Waals surface area contributed by atoms with Gasteiger partial charge in [-0.1, -0.05) is 18.6 Å². The maximum absolute atomic E-state index is 13.0. The summed E-state index contributed by atoms with van der Waals surface area (Å²) in [6.45, 7) is 2.24. The van der Waals surface area contributed by atoms with Gasteiger partial charge in [-0.3, -0.25) is 13.9 Å². The van der Waals surface area contributed by atoms with Crippen LogP contribution >= 0.6 is 0 Å². The van der Waals surface area contributed by atoms with Gasteiger partial charge >= 0.3 is 5.69 Å². The SMILES string of the molecule is Cn1c(=O)n(C2CCC(O)NC2=O)c2cccc(CCCC3CCNCC3)c21. The highest BCUT2D eigenvalue weighted by molar-refractivity contribution is 5.86. The third kappa shape index (κ3) is 3.61.